The second kappa shape index (κ2) is 11.0. The Hall–Kier alpha value is -4.66. The van der Waals surface area contributed by atoms with Gasteiger partial charge in [0.05, 0.1) is 0 Å². The highest BCUT2D eigenvalue weighted by Crippen LogP contribution is 2.55. The van der Waals surface area contributed by atoms with Gasteiger partial charge in [0, 0.05) is 34.9 Å². The molecule has 0 unspecified atom stereocenters. The molecular weight excluding hydrogens is 560 g/mol. The fourth-order valence-corrected chi connectivity index (χ4v) is 8.15. The number of aryl methyl sites for hydroxylation is 2. The monoisotopic (exact) mass is 600 g/mol. The molecule has 1 heterocycles. The van der Waals surface area contributed by atoms with E-state index in [1.807, 2.05) is 7.11 Å². The Labute approximate surface area is 273 Å². The van der Waals surface area contributed by atoms with E-state index < -0.39 is 11.2 Å². The average molecular weight is 601 g/mol. The quantitative estimate of drug-likeness (QED) is 0.137. The summed E-state index contributed by atoms with van der Waals surface area (Å²) in [6, 6.07) is 39.5. The van der Waals surface area contributed by atoms with Crippen LogP contribution in [0, 0.1) is 13.8 Å². The number of fused-ring (bicyclic) bond motifs is 9. The molecule has 2 aliphatic carbocycles. The second-order valence-electron chi connectivity index (χ2n) is 13.3. The largest absolute Gasteiger partial charge is 0.473 e. The minimum absolute atomic E-state index is 0.551. The van der Waals surface area contributed by atoms with E-state index in [9.17, 15) is 0 Å². The molecule has 228 valence electrons. The van der Waals surface area contributed by atoms with E-state index >= 15 is 0 Å². The van der Waals surface area contributed by atoms with Crippen LogP contribution < -0.4 is 4.74 Å². The summed E-state index contributed by atoms with van der Waals surface area (Å²) in [7, 11) is 1.84. The van der Waals surface area contributed by atoms with Crippen molar-refractivity contribution in [3.8, 4) is 28.0 Å². The summed E-state index contributed by atoms with van der Waals surface area (Å²) in [5.41, 5.74) is 15.4. The van der Waals surface area contributed by atoms with Gasteiger partial charge in [0.15, 0.2) is 5.60 Å². The first-order valence-electron chi connectivity index (χ1n) is 16.6. The van der Waals surface area contributed by atoms with Gasteiger partial charge in [-0.1, -0.05) is 103 Å². The molecule has 0 aromatic heterocycles. The van der Waals surface area contributed by atoms with Gasteiger partial charge >= 0.3 is 0 Å². The van der Waals surface area contributed by atoms with Gasteiger partial charge in [-0.3, -0.25) is 0 Å². The van der Waals surface area contributed by atoms with Crippen LogP contribution in [0.15, 0.2) is 127 Å². The van der Waals surface area contributed by atoms with Crippen molar-refractivity contribution in [1.82, 2.24) is 0 Å². The van der Waals surface area contributed by atoms with Gasteiger partial charge in [0.1, 0.15) is 11.4 Å². The normalized spacial score (nSPS) is 16.2. The molecule has 8 rings (SSSR count). The lowest BCUT2D eigenvalue weighted by molar-refractivity contribution is 0.0685. The van der Waals surface area contributed by atoms with Gasteiger partial charge in [-0.2, -0.15) is 0 Å². The van der Waals surface area contributed by atoms with Crippen molar-refractivity contribution in [2.24, 2.45) is 0 Å². The zero-order valence-electron chi connectivity index (χ0n) is 27.2. The van der Waals surface area contributed by atoms with Crippen molar-refractivity contribution in [3.05, 3.63) is 166 Å². The van der Waals surface area contributed by atoms with Crippen molar-refractivity contribution in [1.29, 1.82) is 0 Å². The third-order valence-electron chi connectivity index (χ3n) is 10.5. The molecule has 0 N–H and O–H groups in total. The summed E-state index contributed by atoms with van der Waals surface area (Å²) in [5, 5.41) is 0. The first kappa shape index (κ1) is 28.8. The Kier molecular flexibility index (Phi) is 6.88. The van der Waals surface area contributed by atoms with Crippen LogP contribution in [0.1, 0.15) is 71.6 Å². The zero-order valence-corrected chi connectivity index (χ0v) is 27.2. The lowest BCUT2D eigenvalue weighted by Gasteiger charge is -2.36. The molecular formula is C44H40O2. The van der Waals surface area contributed by atoms with E-state index in [4.69, 9.17) is 9.47 Å². The standard InChI is InChI=1S/C44H40O2/c1-29(27-43(45-4)38-21-11-7-17-33(38)34-18-8-12-22-39(34)43)15-5-6-16-32-28-44(46-42-26-31(3)30(2)25-37(32)42)40-23-13-9-19-35(40)36-20-10-14-24-41(36)44/h7-14,17-28H,5-6,15-16H2,1-4H3/b29-27+. The summed E-state index contributed by atoms with van der Waals surface area (Å²) in [4.78, 5) is 0. The average Bonchev–Trinajstić information content (AvgIpc) is 3.51. The van der Waals surface area contributed by atoms with Crippen molar-refractivity contribution < 1.29 is 9.47 Å². The summed E-state index contributed by atoms with van der Waals surface area (Å²) in [6.07, 6.45) is 9.02. The van der Waals surface area contributed by atoms with E-state index in [-0.39, 0.29) is 0 Å². The second-order valence-corrected chi connectivity index (χ2v) is 13.3. The van der Waals surface area contributed by atoms with Crippen molar-refractivity contribution >= 4 is 5.57 Å². The van der Waals surface area contributed by atoms with Gasteiger partial charge in [0.2, 0.25) is 0 Å². The highest BCUT2D eigenvalue weighted by molar-refractivity contribution is 5.86. The number of ether oxygens (including phenoxy) is 2. The van der Waals surface area contributed by atoms with Crippen LogP contribution in [0.2, 0.25) is 0 Å². The molecule has 0 fully saturated rings. The van der Waals surface area contributed by atoms with E-state index in [0.717, 1.165) is 31.4 Å². The first-order valence-corrected chi connectivity index (χ1v) is 16.6. The molecule has 5 aromatic carbocycles. The van der Waals surface area contributed by atoms with E-state index in [1.54, 1.807) is 0 Å². The Morgan fingerprint density at radius 3 is 1.72 bits per heavy atom. The number of methoxy groups -OCH3 is 1. The Balaban J connectivity index is 1.10. The van der Waals surface area contributed by atoms with E-state index in [1.165, 1.54) is 72.3 Å². The fraction of sp³-hybridized carbons (Fsp3) is 0.227. The SMILES string of the molecule is COC1(/C=C(\C)CCCCC2=CC3(Oc4cc(C)c(C)cc42)c2ccccc2-c2ccccc23)c2ccccc2-c2ccccc21. The van der Waals surface area contributed by atoms with E-state index in [2.05, 4.69) is 142 Å². The Morgan fingerprint density at radius 1 is 0.652 bits per heavy atom. The maximum absolute atomic E-state index is 7.10. The van der Waals surface area contributed by atoms with Crippen molar-refractivity contribution in [3.63, 3.8) is 0 Å². The van der Waals surface area contributed by atoms with Gasteiger partial charge in [-0.25, -0.2) is 0 Å². The predicted molar refractivity (Wildman–Crippen MR) is 189 cm³/mol. The van der Waals surface area contributed by atoms with Gasteiger partial charge < -0.3 is 9.47 Å². The van der Waals surface area contributed by atoms with Crippen LogP contribution >= 0.6 is 0 Å². The third kappa shape index (κ3) is 4.27. The molecule has 0 bridgehead atoms. The highest BCUT2D eigenvalue weighted by atomic mass is 16.5. The Bertz CT molecular complexity index is 1970. The molecule has 1 spiro atoms. The zero-order chi connectivity index (χ0) is 31.5. The minimum atomic E-state index is -0.610. The number of unbranched alkanes of at least 4 members (excludes halogenated alkanes) is 1. The fourth-order valence-electron chi connectivity index (χ4n) is 8.15. The summed E-state index contributed by atoms with van der Waals surface area (Å²) >= 11 is 0. The number of rotatable bonds is 7. The molecule has 3 aliphatic rings. The van der Waals surface area contributed by atoms with Crippen molar-refractivity contribution in [2.45, 2.75) is 57.7 Å². The van der Waals surface area contributed by atoms with Gasteiger partial charge in [-0.15, -0.1) is 0 Å². The minimum Gasteiger partial charge on any atom is -0.473 e. The number of hydrogen-bond acceptors (Lipinski definition) is 2. The molecule has 0 amide bonds. The number of benzene rings is 5. The lowest BCUT2D eigenvalue weighted by atomic mass is 9.82. The summed E-state index contributed by atoms with van der Waals surface area (Å²) < 4.78 is 13.5. The van der Waals surface area contributed by atoms with Crippen LogP contribution in [0.25, 0.3) is 27.8 Å². The van der Waals surface area contributed by atoms with Crippen LogP contribution in [0.3, 0.4) is 0 Å². The molecule has 5 aromatic rings. The maximum atomic E-state index is 7.10. The molecule has 2 heteroatoms. The molecule has 0 radical (unpaired) electrons. The van der Waals surface area contributed by atoms with E-state index in [0.29, 0.717) is 0 Å². The maximum Gasteiger partial charge on any atom is 0.179 e. The molecule has 2 nitrogen and oxygen atoms in total. The van der Waals surface area contributed by atoms with Crippen molar-refractivity contribution in [2.75, 3.05) is 7.11 Å². The summed E-state index contributed by atoms with van der Waals surface area (Å²) in [6.45, 7) is 6.65. The molecule has 0 atom stereocenters. The van der Waals surface area contributed by atoms with Crippen LogP contribution in [0.5, 0.6) is 5.75 Å². The smallest absolute Gasteiger partial charge is 0.179 e. The molecule has 0 saturated heterocycles. The van der Waals surface area contributed by atoms with Crippen LogP contribution in [-0.4, -0.2) is 7.11 Å². The Morgan fingerprint density at radius 2 is 1.15 bits per heavy atom. The lowest BCUT2D eigenvalue weighted by Crippen LogP contribution is -2.33. The third-order valence-corrected chi connectivity index (χ3v) is 10.5. The van der Waals surface area contributed by atoms with Gasteiger partial charge in [0.25, 0.3) is 0 Å². The topological polar surface area (TPSA) is 18.5 Å². The molecule has 0 saturated carbocycles. The molecule has 1 aliphatic heterocycles. The highest BCUT2D eigenvalue weighted by Gasteiger charge is 2.46. The summed E-state index contributed by atoms with van der Waals surface area (Å²) in [5.74, 6) is 0.990. The predicted octanol–water partition coefficient (Wildman–Crippen LogP) is 11.1. The van der Waals surface area contributed by atoms with Crippen LogP contribution in [0.4, 0.5) is 0 Å². The number of allylic oxidation sites excluding steroid dienone is 2. The number of hydrogen-bond donors (Lipinski definition) is 0. The molecule has 46 heavy (non-hydrogen) atoms. The van der Waals surface area contributed by atoms with Crippen LogP contribution in [-0.2, 0) is 15.9 Å². The van der Waals surface area contributed by atoms with Gasteiger partial charge in [-0.05, 0) is 110 Å². The first-order chi connectivity index (χ1) is 22.4.